The summed E-state index contributed by atoms with van der Waals surface area (Å²) in [5.74, 6) is 0.232. The third kappa shape index (κ3) is 5.99. The summed E-state index contributed by atoms with van der Waals surface area (Å²) in [6, 6.07) is 15.4. The molecule has 1 amide bonds. The van der Waals surface area contributed by atoms with Gasteiger partial charge in [0, 0.05) is 0 Å². The lowest BCUT2D eigenvalue weighted by molar-refractivity contribution is -0.385. The third-order valence-corrected chi connectivity index (χ3v) is 3.92. The number of hydrazone groups is 1. The highest BCUT2D eigenvalue weighted by molar-refractivity contribution is 5.82. The minimum Gasteiger partial charge on any atom is -0.489 e. The Labute approximate surface area is 166 Å². The summed E-state index contributed by atoms with van der Waals surface area (Å²) in [5.41, 5.74) is 5.20. The van der Waals surface area contributed by atoms with Crippen molar-refractivity contribution >= 4 is 17.8 Å². The van der Waals surface area contributed by atoms with Crippen LogP contribution in [0.5, 0.6) is 5.75 Å². The van der Waals surface area contributed by atoms with Crippen LogP contribution in [0.25, 0.3) is 0 Å². The maximum atomic E-state index is 11.9. The zero-order chi connectivity index (χ0) is 20.6. The standard InChI is InChI=1S/C20H19N5O4/c1-15-5-7-16(8-6-15)14-29-19-4-2-3-17(9-19)10-21-23-20(26)13-24-12-18(11-22-24)25(27)28/h2-12H,13-14H2,1H3,(H,23,26)/b21-10+. The minimum absolute atomic E-state index is 0.176. The van der Waals surface area contributed by atoms with E-state index < -0.39 is 10.8 Å². The summed E-state index contributed by atoms with van der Waals surface area (Å²) in [6.07, 6.45) is 3.75. The van der Waals surface area contributed by atoms with Crippen molar-refractivity contribution in [3.05, 3.63) is 87.7 Å². The number of ether oxygens (including phenoxy) is 1. The second-order valence-corrected chi connectivity index (χ2v) is 6.29. The van der Waals surface area contributed by atoms with E-state index in [2.05, 4.69) is 15.6 Å². The fourth-order valence-electron chi connectivity index (χ4n) is 2.43. The molecule has 2 aromatic carbocycles. The number of benzene rings is 2. The molecule has 1 heterocycles. The van der Waals surface area contributed by atoms with Gasteiger partial charge in [0.15, 0.2) is 0 Å². The maximum absolute atomic E-state index is 11.9. The molecule has 0 aliphatic heterocycles. The van der Waals surface area contributed by atoms with E-state index in [0.29, 0.717) is 12.4 Å². The molecule has 9 heteroatoms. The van der Waals surface area contributed by atoms with Crippen LogP contribution in [0.15, 0.2) is 66.0 Å². The van der Waals surface area contributed by atoms with E-state index in [-0.39, 0.29) is 12.2 Å². The van der Waals surface area contributed by atoms with Crippen molar-refractivity contribution < 1.29 is 14.5 Å². The Morgan fingerprint density at radius 2 is 2.10 bits per heavy atom. The number of carbonyl (C=O) groups is 1. The smallest absolute Gasteiger partial charge is 0.307 e. The number of aryl methyl sites for hydroxylation is 1. The fourth-order valence-corrected chi connectivity index (χ4v) is 2.43. The lowest BCUT2D eigenvalue weighted by atomic mass is 10.2. The van der Waals surface area contributed by atoms with Crippen molar-refractivity contribution in [3.63, 3.8) is 0 Å². The summed E-state index contributed by atoms with van der Waals surface area (Å²) in [6.45, 7) is 2.31. The summed E-state index contributed by atoms with van der Waals surface area (Å²) >= 11 is 0. The molecule has 0 fully saturated rings. The first-order valence-corrected chi connectivity index (χ1v) is 8.77. The summed E-state index contributed by atoms with van der Waals surface area (Å²) in [7, 11) is 0. The molecule has 0 aliphatic carbocycles. The molecule has 0 unspecified atom stereocenters. The highest BCUT2D eigenvalue weighted by Gasteiger charge is 2.10. The number of hydrogen-bond acceptors (Lipinski definition) is 6. The summed E-state index contributed by atoms with van der Waals surface area (Å²) in [5, 5.41) is 18.3. The number of aromatic nitrogens is 2. The van der Waals surface area contributed by atoms with Crippen molar-refractivity contribution in [2.75, 3.05) is 0 Å². The molecule has 0 atom stereocenters. The average molecular weight is 393 g/mol. The highest BCUT2D eigenvalue weighted by Crippen LogP contribution is 2.14. The van der Waals surface area contributed by atoms with Crippen LogP contribution in [-0.4, -0.2) is 26.8 Å². The second kappa shape index (κ2) is 9.27. The average Bonchev–Trinajstić information content (AvgIpc) is 3.17. The molecule has 0 aliphatic rings. The Hall–Kier alpha value is -4.01. The van der Waals surface area contributed by atoms with Crippen LogP contribution in [0, 0.1) is 17.0 Å². The van der Waals surface area contributed by atoms with Gasteiger partial charge in [-0.1, -0.05) is 42.0 Å². The van der Waals surface area contributed by atoms with Crippen molar-refractivity contribution in [2.24, 2.45) is 5.10 Å². The number of nitrogens with zero attached hydrogens (tertiary/aromatic N) is 4. The minimum atomic E-state index is -0.576. The molecule has 29 heavy (non-hydrogen) atoms. The van der Waals surface area contributed by atoms with E-state index in [9.17, 15) is 14.9 Å². The maximum Gasteiger partial charge on any atom is 0.307 e. The second-order valence-electron chi connectivity index (χ2n) is 6.29. The van der Waals surface area contributed by atoms with Crippen molar-refractivity contribution in [1.82, 2.24) is 15.2 Å². The van der Waals surface area contributed by atoms with Crippen LogP contribution in [0.2, 0.25) is 0 Å². The van der Waals surface area contributed by atoms with Gasteiger partial charge in [-0.15, -0.1) is 0 Å². The molecule has 0 spiro atoms. The van der Waals surface area contributed by atoms with E-state index >= 15 is 0 Å². The summed E-state index contributed by atoms with van der Waals surface area (Å²) < 4.78 is 6.95. The number of nitrogens with one attached hydrogen (secondary N) is 1. The van der Waals surface area contributed by atoms with Crippen LogP contribution >= 0.6 is 0 Å². The van der Waals surface area contributed by atoms with Gasteiger partial charge in [0.25, 0.3) is 5.91 Å². The molecular formula is C20H19N5O4. The highest BCUT2D eigenvalue weighted by atomic mass is 16.6. The Morgan fingerprint density at radius 3 is 2.83 bits per heavy atom. The van der Waals surface area contributed by atoms with E-state index in [1.807, 2.05) is 49.4 Å². The molecule has 0 bridgehead atoms. The van der Waals surface area contributed by atoms with E-state index in [1.165, 1.54) is 22.7 Å². The number of amides is 1. The van der Waals surface area contributed by atoms with E-state index in [4.69, 9.17) is 4.74 Å². The molecule has 1 N–H and O–H groups in total. The molecule has 9 nitrogen and oxygen atoms in total. The zero-order valence-corrected chi connectivity index (χ0v) is 15.7. The first-order valence-electron chi connectivity index (χ1n) is 8.77. The van der Waals surface area contributed by atoms with Gasteiger partial charge >= 0.3 is 5.69 Å². The monoisotopic (exact) mass is 393 g/mol. The van der Waals surface area contributed by atoms with Gasteiger partial charge < -0.3 is 4.74 Å². The molecule has 0 radical (unpaired) electrons. The molecule has 0 saturated heterocycles. The predicted octanol–water partition coefficient (Wildman–Crippen LogP) is 2.83. The largest absolute Gasteiger partial charge is 0.489 e. The Balaban J connectivity index is 1.50. The molecule has 0 saturated carbocycles. The van der Waals surface area contributed by atoms with Crippen LogP contribution < -0.4 is 10.2 Å². The normalized spacial score (nSPS) is 10.8. The Morgan fingerprint density at radius 1 is 1.31 bits per heavy atom. The number of carbonyl (C=O) groups excluding carboxylic acids is 1. The Bertz CT molecular complexity index is 1030. The van der Waals surface area contributed by atoms with Crippen molar-refractivity contribution in [1.29, 1.82) is 0 Å². The van der Waals surface area contributed by atoms with Gasteiger partial charge in [-0.25, -0.2) is 5.43 Å². The quantitative estimate of drug-likeness (QED) is 0.359. The van der Waals surface area contributed by atoms with E-state index in [0.717, 1.165) is 17.3 Å². The van der Waals surface area contributed by atoms with Crippen LogP contribution in [-0.2, 0) is 17.9 Å². The lowest BCUT2D eigenvalue weighted by Crippen LogP contribution is -2.23. The SMILES string of the molecule is Cc1ccc(COc2cccc(/C=N/NC(=O)Cn3cc([N+](=O)[O-])cn3)c2)cc1. The fraction of sp³-hybridized carbons (Fsp3) is 0.150. The van der Waals surface area contributed by atoms with Gasteiger partial charge in [-0.05, 0) is 30.2 Å². The third-order valence-electron chi connectivity index (χ3n) is 3.92. The summed E-state index contributed by atoms with van der Waals surface area (Å²) in [4.78, 5) is 21.9. The number of rotatable bonds is 8. The first kappa shape index (κ1) is 19.7. The van der Waals surface area contributed by atoms with Gasteiger partial charge in [-0.2, -0.15) is 10.2 Å². The number of hydrogen-bond donors (Lipinski definition) is 1. The topological polar surface area (TPSA) is 112 Å². The predicted molar refractivity (Wildman–Crippen MR) is 107 cm³/mol. The molecule has 3 rings (SSSR count). The lowest BCUT2D eigenvalue weighted by Gasteiger charge is -2.07. The van der Waals surface area contributed by atoms with Crippen molar-refractivity contribution in [3.8, 4) is 5.75 Å². The zero-order valence-electron chi connectivity index (χ0n) is 15.7. The molecule has 3 aromatic rings. The van der Waals surface area contributed by atoms with Gasteiger partial charge in [0.1, 0.15) is 31.3 Å². The van der Waals surface area contributed by atoms with E-state index in [1.54, 1.807) is 6.07 Å². The number of nitro groups is 1. The first-order chi connectivity index (χ1) is 14.0. The molecular weight excluding hydrogens is 374 g/mol. The molecule has 148 valence electrons. The van der Waals surface area contributed by atoms with Crippen molar-refractivity contribution in [2.45, 2.75) is 20.1 Å². The van der Waals surface area contributed by atoms with Gasteiger partial charge in [0.05, 0.1) is 11.1 Å². The van der Waals surface area contributed by atoms with Gasteiger partial charge in [-0.3, -0.25) is 19.6 Å². The van der Waals surface area contributed by atoms with Crippen LogP contribution in [0.4, 0.5) is 5.69 Å². The Kier molecular flexibility index (Phi) is 6.31. The van der Waals surface area contributed by atoms with Crippen LogP contribution in [0.1, 0.15) is 16.7 Å². The van der Waals surface area contributed by atoms with Crippen LogP contribution in [0.3, 0.4) is 0 Å². The van der Waals surface area contributed by atoms with Gasteiger partial charge in [0.2, 0.25) is 0 Å². The molecule has 1 aromatic heterocycles.